The predicted molar refractivity (Wildman–Crippen MR) is 191 cm³/mol. The maximum Gasteiger partial charge on any atom is 0.330 e. The quantitative estimate of drug-likeness (QED) is 0.0677. The van der Waals surface area contributed by atoms with Crippen molar-refractivity contribution < 1.29 is 52.5 Å². The highest BCUT2D eigenvalue weighted by Gasteiger charge is 2.42. The van der Waals surface area contributed by atoms with Gasteiger partial charge >= 0.3 is 17.9 Å². The number of esters is 3. The highest BCUT2D eigenvalue weighted by molar-refractivity contribution is 6.38. The third-order valence-corrected chi connectivity index (χ3v) is 8.45. The third kappa shape index (κ3) is 11.8. The average Bonchev–Trinajstić information content (AvgIpc) is 3.16. The summed E-state index contributed by atoms with van der Waals surface area (Å²) in [5, 5.41) is 2.77. The van der Waals surface area contributed by atoms with Gasteiger partial charge in [0.05, 0.1) is 26.1 Å². The van der Waals surface area contributed by atoms with Gasteiger partial charge in [0.15, 0.2) is 11.5 Å². The fraction of sp³-hybridized carbons (Fsp3) is 0.436. The summed E-state index contributed by atoms with van der Waals surface area (Å²) >= 11 is 0. The van der Waals surface area contributed by atoms with Crippen LogP contribution in [0, 0.1) is 5.41 Å². The van der Waals surface area contributed by atoms with Gasteiger partial charge < -0.3 is 33.9 Å². The van der Waals surface area contributed by atoms with Gasteiger partial charge in [-0.1, -0.05) is 37.4 Å². The molecule has 0 radical (unpaired) electrons. The second kappa shape index (κ2) is 19.8. The summed E-state index contributed by atoms with van der Waals surface area (Å²) in [4.78, 5) is 78.2. The molecule has 0 bridgehead atoms. The van der Waals surface area contributed by atoms with Gasteiger partial charge in [-0.05, 0) is 81.3 Å². The Morgan fingerprint density at radius 2 is 1.71 bits per heavy atom. The highest BCUT2D eigenvalue weighted by atomic mass is 16.5. The topological polar surface area (TPSA) is 164 Å². The standard InChI is InChI=1S/C39H48N2O11/c1-7-22-50-35(44)20-19-33(42)40-28-13-11-12-27(24-28)30(17-15-26-16-18-31(48-5)32(23-26)49-6)52-38(47)29-14-9-10-21-41(29)37(46)36(45)39(3,4)25-51-34(43)8-2/h7-8,11-13,16,18,23-24,29-30H,1-2,9-10,14-15,17,19-22,25H2,3-6H3,(H,40,42)/t29-,30+/m0/s1. The van der Waals surface area contributed by atoms with Gasteiger partial charge in [-0.25, -0.2) is 9.59 Å². The van der Waals surface area contributed by atoms with Crippen molar-refractivity contribution in [3.05, 3.63) is 78.9 Å². The SMILES string of the molecule is C=CCOC(=O)CCC(=O)Nc1cccc([C@@H](CCc2ccc(OC)c(OC)c2)OC(=O)[C@@H]2CCCCN2C(=O)C(=O)C(C)(C)COC(=O)C=C)c1. The number of anilines is 1. The Balaban J connectivity index is 1.84. The zero-order chi connectivity index (χ0) is 38.3. The first-order valence-corrected chi connectivity index (χ1v) is 17.1. The second-order valence-corrected chi connectivity index (χ2v) is 12.8. The van der Waals surface area contributed by atoms with Gasteiger partial charge in [0.2, 0.25) is 11.7 Å². The molecule has 52 heavy (non-hydrogen) atoms. The smallest absolute Gasteiger partial charge is 0.330 e. The molecule has 1 fully saturated rings. The molecule has 2 aromatic carbocycles. The van der Waals surface area contributed by atoms with E-state index in [0.29, 0.717) is 48.4 Å². The van der Waals surface area contributed by atoms with Crippen molar-refractivity contribution in [2.45, 2.75) is 70.9 Å². The number of rotatable bonds is 19. The molecular formula is C39H48N2O11. The molecule has 0 saturated carbocycles. The van der Waals surface area contributed by atoms with E-state index in [9.17, 15) is 28.8 Å². The molecule has 1 aliphatic heterocycles. The molecule has 1 heterocycles. The minimum Gasteiger partial charge on any atom is -0.493 e. The lowest BCUT2D eigenvalue weighted by Crippen LogP contribution is -2.53. The van der Waals surface area contributed by atoms with Crippen LogP contribution in [0.1, 0.15) is 69.6 Å². The molecule has 2 amide bonds. The molecule has 2 atom stereocenters. The molecule has 280 valence electrons. The van der Waals surface area contributed by atoms with Gasteiger partial charge in [-0.15, -0.1) is 0 Å². The summed E-state index contributed by atoms with van der Waals surface area (Å²) in [7, 11) is 3.08. The number of nitrogens with one attached hydrogen (secondary N) is 1. The van der Waals surface area contributed by atoms with Crippen LogP contribution < -0.4 is 14.8 Å². The summed E-state index contributed by atoms with van der Waals surface area (Å²) in [5.74, 6) is -2.90. The van der Waals surface area contributed by atoms with Crippen molar-refractivity contribution >= 4 is 41.2 Å². The van der Waals surface area contributed by atoms with E-state index >= 15 is 0 Å². The van der Waals surface area contributed by atoms with Gasteiger partial charge in [-0.3, -0.25) is 19.2 Å². The lowest BCUT2D eigenvalue weighted by molar-refractivity contribution is -0.165. The number of Topliss-reactive ketones (excluding diaryl/α,β-unsaturated/α-hetero) is 1. The van der Waals surface area contributed by atoms with Crippen LogP contribution in [0.2, 0.25) is 0 Å². The summed E-state index contributed by atoms with van der Waals surface area (Å²) < 4.78 is 26.9. The van der Waals surface area contributed by atoms with Crippen LogP contribution >= 0.6 is 0 Å². The lowest BCUT2D eigenvalue weighted by atomic mass is 9.87. The number of likely N-dealkylation sites (tertiary alicyclic amines) is 1. The molecule has 13 heteroatoms. The number of hydrogen-bond donors (Lipinski definition) is 1. The van der Waals surface area contributed by atoms with Gasteiger partial charge in [-0.2, -0.15) is 0 Å². The van der Waals surface area contributed by atoms with Crippen molar-refractivity contribution in [3.8, 4) is 11.5 Å². The number of nitrogens with zero attached hydrogens (tertiary/aromatic N) is 1. The van der Waals surface area contributed by atoms with E-state index in [0.717, 1.165) is 11.6 Å². The normalized spacial score (nSPS) is 14.6. The van der Waals surface area contributed by atoms with E-state index in [1.54, 1.807) is 37.4 Å². The number of methoxy groups -OCH3 is 2. The van der Waals surface area contributed by atoms with Crippen molar-refractivity contribution in [2.75, 3.05) is 39.3 Å². The summed E-state index contributed by atoms with van der Waals surface area (Å²) in [6.45, 7) is 9.70. The van der Waals surface area contributed by atoms with Crippen LogP contribution in [0.25, 0.3) is 0 Å². The van der Waals surface area contributed by atoms with Crippen LogP contribution in [0.15, 0.2) is 67.8 Å². The van der Waals surface area contributed by atoms with E-state index in [-0.39, 0.29) is 39.0 Å². The average molecular weight is 721 g/mol. The molecule has 1 aliphatic rings. The van der Waals surface area contributed by atoms with Gasteiger partial charge in [0.25, 0.3) is 5.91 Å². The first-order valence-electron chi connectivity index (χ1n) is 17.1. The van der Waals surface area contributed by atoms with Crippen molar-refractivity contribution in [1.29, 1.82) is 0 Å². The van der Waals surface area contributed by atoms with E-state index in [4.69, 9.17) is 23.7 Å². The number of benzene rings is 2. The summed E-state index contributed by atoms with van der Waals surface area (Å²) in [5.41, 5.74) is 0.534. The Morgan fingerprint density at radius 3 is 2.40 bits per heavy atom. The number of piperidine rings is 1. The zero-order valence-electron chi connectivity index (χ0n) is 30.3. The Hall–Kier alpha value is -5.46. The third-order valence-electron chi connectivity index (χ3n) is 8.45. The number of hydrogen-bond acceptors (Lipinski definition) is 11. The van der Waals surface area contributed by atoms with Crippen LogP contribution in [0.3, 0.4) is 0 Å². The summed E-state index contributed by atoms with van der Waals surface area (Å²) in [6, 6.07) is 11.3. The first-order chi connectivity index (χ1) is 24.8. The molecule has 1 N–H and O–H groups in total. The molecule has 0 aliphatic carbocycles. The Kier molecular flexibility index (Phi) is 15.6. The number of aryl methyl sites for hydroxylation is 1. The Bertz CT molecular complexity index is 1630. The molecule has 1 saturated heterocycles. The number of ketones is 1. The number of ether oxygens (including phenoxy) is 5. The number of carbonyl (C=O) groups excluding carboxylic acids is 6. The van der Waals surface area contributed by atoms with E-state index in [1.165, 1.54) is 31.9 Å². The van der Waals surface area contributed by atoms with Crippen LogP contribution in [0.4, 0.5) is 5.69 Å². The first kappa shape index (κ1) is 41.0. The number of amides is 2. The predicted octanol–water partition coefficient (Wildman–Crippen LogP) is 5.07. The molecular weight excluding hydrogens is 672 g/mol. The molecule has 0 unspecified atom stereocenters. The van der Waals surface area contributed by atoms with Crippen LogP contribution in [-0.2, 0) is 49.4 Å². The van der Waals surface area contributed by atoms with E-state index < -0.39 is 53.1 Å². The Morgan fingerprint density at radius 1 is 0.962 bits per heavy atom. The van der Waals surface area contributed by atoms with E-state index in [1.807, 2.05) is 12.1 Å². The molecule has 0 aromatic heterocycles. The zero-order valence-corrected chi connectivity index (χ0v) is 30.3. The molecule has 0 spiro atoms. The maximum atomic E-state index is 13.9. The minimum atomic E-state index is -1.35. The molecule has 3 rings (SSSR count). The Labute approximate surface area is 304 Å². The van der Waals surface area contributed by atoms with Crippen LogP contribution in [0.5, 0.6) is 11.5 Å². The van der Waals surface area contributed by atoms with Gasteiger partial charge in [0.1, 0.15) is 25.4 Å². The largest absolute Gasteiger partial charge is 0.493 e. The van der Waals surface area contributed by atoms with Crippen molar-refractivity contribution in [3.63, 3.8) is 0 Å². The minimum absolute atomic E-state index is 0.0558. The molecule has 13 nitrogen and oxygen atoms in total. The highest BCUT2D eigenvalue weighted by Crippen LogP contribution is 2.32. The van der Waals surface area contributed by atoms with Crippen molar-refractivity contribution in [2.24, 2.45) is 5.41 Å². The number of carbonyl (C=O) groups is 6. The fourth-order valence-corrected chi connectivity index (χ4v) is 5.54. The van der Waals surface area contributed by atoms with E-state index in [2.05, 4.69) is 18.5 Å². The summed E-state index contributed by atoms with van der Waals surface area (Å²) in [6.07, 6.45) is 3.65. The maximum absolute atomic E-state index is 13.9. The van der Waals surface area contributed by atoms with Gasteiger partial charge in [0, 0.05) is 24.7 Å². The lowest BCUT2D eigenvalue weighted by Gasteiger charge is -2.36. The molecule has 2 aromatic rings. The van der Waals surface area contributed by atoms with Crippen molar-refractivity contribution in [1.82, 2.24) is 4.90 Å². The monoisotopic (exact) mass is 720 g/mol. The fourth-order valence-electron chi connectivity index (χ4n) is 5.54. The van der Waals surface area contributed by atoms with Crippen LogP contribution in [-0.4, -0.2) is 80.4 Å². The second-order valence-electron chi connectivity index (χ2n) is 12.8.